The van der Waals surface area contributed by atoms with E-state index in [0.717, 1.165) is 0 Å². The zero-order valence-corrected chi connectivity index (χ0v) is 9.04. The van der Waals surface area contributed by atoms with Crippen LogP contribution in [0.5, 0.6) is 0 Å². The Morgan fingerprint density at radius 3 is 2.06 bits per heavy atom. The molecule has 0 aromatic heterocycles. The molecular weight excluding hydrogens is 210 g/mol. The van der Waals surface area contributed by atoms with E-state index in [1.54, 1.807) is 13.8 Å². The van der Waals surface area contributed by atoms with Crippen molar-refractivity contribution in [3.8, 4) is 0 Å². The van der Waals surface area contributed by atoms with Gasteiger partial charge in [0.25, 0.3) is 5.69 Å². The monoisotopic (exact) mass is 222 g/mol. The molecule has 0 heterocycles. The lowest BCUT2D eigenvalue weighted by molar-refractivity contribution is -0.384. The number of carbonyl (C=O) groups is 1. The third-order valence-electron chi connectivity index (χ3n) is 2.38. The zero-order chi connectivity index (χ0) is 12.3. The van der Waals surface area contributed by atoms with Crippen LogP contribution < -0.4 is 5.11 Å². The van der Waals surface area contributed by atoms with Gasteiger partial charge in [0.05, 0.1) is 4.92 Å². The van der Waals surface area contributed by atoms with Gasteiger partial charge < -0.3 is 9.90 Å². The summed E-state index contributed by atoms with van der Waals surface area (Å²) in [7, 11) is 0. The molecule has 1 rings (SSSR count). The van der Waals surface area contributed by atoms with E-state index >= 15 is 0 Å². The van der Waals surface area contributed by atoms with Crippen LogP contribution in [0.25, 0.3) is 0 Å². The smallest absolute Gasteiger partial charge is 0.269 e. The van der Waals surface area contributed by atoms with Gasteiger partial charge in [0.2, 0.25) is 0 Å². The van der Waals surface area contributed by atoms with E-state index in [0.29, 0.717) is 5.56 Å². The van der Waals surface area contributed by atoms with Crippen LogP contribution in [0.4, 0.5) is 5.69 Å². The molecule has 0 spiro atoms. The highest BCUT2D eigenvalue weighted by Crippen LogP contribution is 2.25. The van der Waals surface area contributed by atoms with Crippen molar-refractivity contribution in [1.29, 1.82) is 0 Å². The zero-order valence-electron chi connectivity index (χ0n) is 9.04. The minimum Gasteiger partial charge on any atom is -0.549 e. The van der Waals surface area contributed by atoms with Crippen molar-refractivity contribution in [2.75, 3.05) is 0 Å². The average Bonchev–Trinajstić information content (AvgIpc) is 2.17. The van der Waals surface area contributed by atoms with Crippen LogP contribution in [0, 0.1) is 16.0 Å². The van der Waals surface area contributed by atoms with Gasteiger partial charge >= 0.3 is 0 Å². The normalized spacial score (nSPS) is 12.4. The number of nitro groups is 1. The maximum absolute atomic E-state index is 10.9. The molecule has 1 atom stereocenters. The van der Waals surface area contributed by atoms with Crippen molar-refractivity contribution < 1.29 is 14.8 Å². The number of carboxylic acid groups (broad SMARTS) is 1. The predicted octanol–water partition coefficient (Wildman–Crippen LogP) is 1.08. The van der Waals surface area contributed by atoms with E-state index in [2.05, 4.69) is 0 Å². The van der Waals surface area contributed by atoms with E-state index < -0.39 is 16.8 Å². The molecule has 1 aromatic carbocycles. The molecule has 0 amide bonds. The number of aliphatic carboxylic acids is 1. The maximum atomic E-state index is 10.9. The molecule has 5 heteroatoms. The van der Waals surface area contributed by atoms with Gasteiger partial charge in [-0.2, -0.15) is 0 Å². The lowest BCUT2D eigenvalue weighted by Gasteiger charge is -2.22. The van der Waals surface area contributed by atoms with E-state index in [-0.39, 0.29) is 11.6 Å². The highest BCUT2D eigenvalue weighted by Gasteiger charge is 2.17. The minimum absolute atomic E-state index is 0.0513. The van der Waals surface area contributed by atoms with Crippen LogP contribution in [0.3, 0.4) is 0 Å². The second kappa shape index (κ2) is 4.74. The third kappa shape index (κ3) is 2.56. The Hall–Kier alpha value is -1.91. The Morgan fingerprint density at radius 1 is 1.25 bits per heavy atom. The van der Waals surface area contributed by atoms with Crippen LogP contribution in [0.15, 0.2) is 24.3 Å². The van der Waals surface area contributed by atoms with Crippen molar-refractivity contribution in [1.82, 2.24) is 0 Å². The highest BCUT2D eigenvalue weighted by molar-refractivity contribution is 5.74. The second-order valence-electron chi connectivity index (χ2n) is 3.89. The van der Waals surface area contributed by atoms with Crippen molar-refractivity contribution >= 4 is 11.7 Å². The van der Waals surface area contributed by atoms with Gasteiger partial charge in [0, 0.05) is 24.0 Å². The quantitative estimate of drug-likeness (QED) is 0.563. The topological polar surface area (TPSA) is 83.3 Å². The molecule has 0 N–H and O–H groups in total. The number of carbonyl (C=O) groups excluding carboxylic acids is 1. The molecule has 86 valence electrons. The molecule has 0 bridgehead atoms. The molecular formula is C11H12NO4-. The summed E-state index contributed by atoms with van der Waals surface area (Å²) >= 11 is 0. The lowest BCUT2D eigenvalue weighted by Crippen LogP contribution is -2.32. The number of hydrogen-bond acceptors (Lipinski definition) is 4. The summed E-state index contributed by atoms with van der Waals surface area (Å²) in [6.07, 6.45) is 0. The van der Waals surface area contributed by atoms with Crippen LogP contribution in [0.1, 0.15) is 25.3 Å². The Balaban J connectivity index is 3.03. The summed E-state index contributed by atoms with van der Waals surface area (Å²) in [5.74, 6) is -2.02. The summed E-state index contributed by atoms with van der Waals surface area (Å²) in [4.78, 5) is 20.8. The molecule has 0 aliphatic rings. The summed E-state index contributed by atoms with van der Waals surface area (Å²) in [6.45, 7) is 3.53. The fourth-order valence-electron chi connectivity index (χ4n) is 1.60. The van der Waals surface area contributed by atoms with Crippen molar-refractivity contribution in [2.24, 2.45) is 5.92 Å². The Kier molecular flexibility index (Phi) is 3.60. The third-order valence-corrected chi connectivity index (χ3v) is 2.38. The first-order valence-electron chi connectivity index (χ1n) is 4.88. The van der Waals surface area contributed by atoms with Crippen LogP contribution >= 0.6 is 0 Å². The molecule has 0 saturated carbocycles. The first-order chi connectivity index (χ1) is 7.43. The van der Waals surface area contributed by atoms with Gasteiger partial charge in [0.15, 0.2) is 0 Å². The van der Waals surface area contributed by atoms with Crippen LogP contribution in [0.2, 0.25) is 0 Å². The van der Waals surface area contributed by atoms with Crippen LogP contribution in [-0.4, -0.2) is 10.9 Å². The predicted molar refractivity (Wildman–Crippen MR) is 55.7 cm³/mol. The molecule has 0 radical (unpaired) electrons. The van der Waals surface area contributed by atoms with Gasteiger partial charge in [-0.1, -0.05) is 26.0 Å². The number of rotatable bonds is 4. The van der Waals surface area contributed by atoms with Gasteiger partial charge in [-0.3, -0.25) is 10.1 Å². The lowest BCUT2D eigenvalue weighted by atomic mass is 9.88. The van der Waals surface area contributed by atoms with Gasteiger partial charge in [0.1, 0.15) is 0 Å². The summed E-state index contributed by atoms with van der Waals surface area (Å²) < 4.78 is 0. The Bertz CT molecular complexity index is 397. The Labute approximate surface area is 92.9 Å². The summed E-state index contributed by atoms with van der Waals surface area (Å²) in [5.41, 5.74) is 0.477. The molecule has 16 heavy (non-hydrogen) atoms. The number of hydrogen-bond donors (Lipinski definition) is 0. The molecule has 0 aliphatic carbocycles. The first-order valence-corrected chi connectivity index (χ1v) is 4.88. The fraction of sp³-hybridized carbons (Fsp3) is 0.364. The molecule has 0 unspecified atom stereocenters. The number of nitrogens with zero attached hydrogens (tertiary/aromatic N) is 1. The van der Waals surface area contributed by atoms with Gasteiger partial charge in [-0.15, -0.1) is 0 Å². The summed E-state index contributed by atoms with van der Waals surface area (Å²) in [6, 6.07) is 5.51. The second-order valence-corrected chi connectivity index (χ2v) is 3.89. The maximum Gasteiger partial charge on any atom is 0.269 e. The molecule has 0 saturated heterocycles. The van der Waals surface area contributed by atoms with Crippen LogP contribution in [-0.2, 0) is 4.79 Å². The van der Waals surface area contributed by atoms with Crippen molar-refractivity contribution in [3.05, 3.63) is 39.9 Å². The molecule has 0 aliphatic heterocycles. The molecule has 0 fully saturated rings. The van der Waals surface area contributed by atoms with E-state index in [4.69, 9.17) is 0 Å². The first kappa shape index (κ1) is 12.2. The summed E-state index contributed by atoms with van der Waals surface area (Å²) in [5, 5.41) is 21.3. The van der Waals surface area contributed by atoms with Crippen molar-refractivity contribution in [3.63, 3.8) is 0 Å². The molecule has 5 nitrogen and oxygen atoms in total. The standard InChI is InChI=1S/C11H13NO4/c1-7(2)10(11(13)14)8-3-5-9(6-4-8)12(15)16/h3-7,10H,1-2H3,(H,13,14)/p-1/t10-/m1/s1. The van der Waals surface area contributed by atoms with Crippen molar-refractivity contribution in [2.45, 2.75) is 19.8 Å². The number of nitro benzene ring substituents is 1. The fourth-order valence-corrected chi connectivity index (χ4v) is 1.60. The Morgan fingerprint density at radius 2 is 1.75 bits per heavy atom. The SMILES string of the molecule is CC(C)[C@@H](C(=O)[O-])c1ccc([N+](=O)[O-])cc1. The largest absolute Gasteiger partial charge is 0.549 e. The highest BCUT2D eigenvalue weighted by atomic mass is 16.6. The van der Waals surface area contributed by atoms with E-state index in [9.17, 15) is 20.0 Å². The van der Waals surface area contributed by atoms with Gasteiger partial charge in [-0.25, -0.2) is 0 Å². The molecule has 1 aromatic rings. The number of non-ortho nitro benzene ring substituents is 1. The van der Waals surface area contributed by atoms with E-state index in [1.807, 2.05) is 0 Å². The minimum atomic E-state index is -1.16. The van der Waals surface area contributed by atoms with E-state index in [1.165, 1.54) is 24.3 Å². The average molecular weight is 222 g/mol. The van der Waals surface area contributed by atoms with Gasteiger partial charge in [-0.05, 0) is 11.5 Å². The number of benzene rings is 1. The number of carboxylic acids is 1.